The monoisotopic (exact) mass is 222 g/mol. The van der Waals surface area contributed by atoms with Crippen molar-refractivity contribution in [2.24, 2.45) is 0 Å². The molecule has 1 N–H and O–H groups in total. The summed E-state index contributed by atoms with van der Waals surface area (Å²) in [5.74, 6) is 0.786. The van der Waals surface area contributed by atoms with Crippen molar-refractivity contribution >= 4 is 11.3 Å². The van der Waals surface area contributed by atoms with Crippen molar-refractivity contribution in [2.45, 2.75) is 44.7 Å². The van der Waals surface area contributed by atoms with E-state index in [0.717, 1.165) is 18.9 Å². The molecule has 15 heavy (non-hydrogen) atoms. The maximum Gasteiger partial charge on any atom is 0.0959 e. The Morgan fingerprint density at radius 2 is 2.53 bits per heavy atom. The summed E-state index contributed by atoms with van der Waals surface area (Å²) in [6.07, 6.45) is 7.68. The lowest BCUT2D eigenvalue weighted by molar-refractivity contribution is 0.557. The third kappa shape index (κ3) is 3.14. The van der Waals surface area contributed by atoms with Crippen LogP contribution in [0.25, 0.3) is 0 Å². The molecule has 1 heterocycles. The summed E-state index contributed by atoms with van der Waals surface area (Å²) >= 11 is 1.86. The lowest BCUT2D eigenvalue weighted by Gasteiger charge is -2.09. The Bertz CT molecular complexity index is 328. The molecule has 1 aliphatic carbocycles. The van der Waals surface area contributed by atoms with Gasteiger partial charge in [-0.3, -0.25) is 0 Å². The first-order valence-electron chi connectivity index (χ1n) is 5.58. The molecule has 0 saturated heterocycles. The van der Waals surface area contributed by atoms with Gasteiger partial charge in [0.05, 0.1) is 5.01 Å². The quantitative estimate of drug-likeness (QED) is 0.748. The zero-order valence-corrected chi connectivity index (χ0v) is 10.0. The van der Waals surface area contributed by atoms with E-state index in [0.29, 0.717) is 6.04 Å². The van der Waals surface area contributed by atoms with Crippen molar-refractivity contribution in [1.82, 2.24) is 10.3 Å². The zero-order valence-electron chi connectivity index (χ0n) is 9.20. The van der Waals surface area contributed by atoms with Gasteiger partial charge >= 0.3 is 0 Å². The van der Waals surface area contributed by atoms with Crippen LogP contribution >= 0.6 is 11.3 Å². The Morgan fingerprint density at radius 3 is 3.20 bits per heavy atom. The highest BCUT2D eigenvalue weighted by molar-refractivity contribution is 7.11. The molecule has 1 aromatic heterocycles. The maximum absolute atomic E-state index is 4.46. The molecule has 0 spiro atoms. The fraction of sp³-hybridized carbons (Fsp3) is 0.583. The minimum Gasteiger partial charge on any atom is -0.309 e. The second-order valence-corrected chi connectivity index (χ2v) is 5.39. The van der Waals surface area contributed by atoms with Gasteiger partial charge in [0, 0.05) is 29.6 Å². The summed E-state index contributed by atoms with van der Waals surface area (Å²) in [7, 11) is 0. The van der Waals surface area contributed by atoms with E-state index < -0.39 is 0 Å². The van der Waals surface area contributed by atoms with Gasteiger partial charge in [0.15, 0.2) is 0 Å². The number of hydrogen-bond acceptors (Lipinski definition) is 3. The molecular weight excluding hydrogens is 204 g/mol. The van der Waals surface area contributed by atoms with Crippen LogP contribution in [0.2, 0.25) is 0 Å². The smallest absolute Gasteiger partial charge is 0.0959 e. The summed E-state index contributed by atoms with van der Waals surface area (Å²) in [5, 5.41) is 4.81. The van der Waals surface area contributed by atoms with Crippen LogP contribution in [-0.2, 0) is 6.54 Å². The molecule has 0 radical (unpaired) electrons. The third-order valence-electron chi connectivity index (χ3n) is 2.64. The van der Waals surface area contributed by atoms with Crippen molar-refractivity contribution in [1.29, 1.82) is 0 Å². The van der Waals surface area contributed by atoms with Crippen LogP contribution in [-0.4, -0.2) is 11.0 Å². The number of nitrogens with zero attached hydrogens (tertiary/aromatic N) is 1. The predicted molar refractivity (Wildman–Crippen MR) is 65.2 cm³/mol. The standard InChI is InChI=1S/C12H18N2S/c1-3-4-9(2)13-7-11-8-14-12(15-11)10-5-6-10/h3,8-10,13H,1,4-7H2,2H3. The van der Waals surface area contributed by atoms with Gasteiger partial charge in [-0.2, -0.15) is 0 Å². The van der Waals surface area contributed by atoms with E-state index in [1.54, 1.807) is 0 Å². The maximum atomic E-state index is 4.46. The van der Waals surface area contributed by atoms with Gasteiger partial charge in [-0.1, -0.05) is 6.08 Å². The first-order valence-corrected chi connectivity index (χ1v) is 6.40. The van der Waals surface area contributed by atoms with Crippen molar-refractivity contribution in [3.63, 3.8) is 0 Å². The molecule has 2 nitrogen and oxygen atoms in total. The highest BCUT2D eigenvalue weighted by atomic mass is 32.1. The normalized spacial score (nSPS) is 17.7. The van der Waals surface area contributed by atoms with Gasteiger partial charge in [-0.05, 0) is 26.2 Å². The van der Waals surface area contributed by atoms with E-state index in [-0.39, 0.29) is 0 Å². The Labute approximate surface area is 95.4 Å². The molecule has 1 unspecified atom stereocenters. The summed E-state index contributed by atoms with van der Waals surface area (Å²) in [4.78, 5) is 5.81. The average Bonchev–Trinajstić information content (AvgIpc) is 2.96. The molecule has 0 aliphatic heterocycles. The van der Waals surface area contributed by atoms with Crippen LogP contribution in [0.1, 0.15) is 42.0 Å². The molecule has 3 heteroatoms. The second-order valence-electron chi connectivity index (χ2n) is 4.25. The predicted octanol–water partition coefficient (Wildman–Crippen LogP) is 3.07. The molecule has 1 fully saturated rings. The number of thiazole rings is 1. The Hall–Kier alpha value is -0.670. The first-order chi connectivity index (χ1) is 7.29. The molecule has 2 rings (SSSR count). The van der Waals surface area contributed by atoms with Crippen LogP contribution in [0.5, 0.6) is 0 Å². The number of hydrogen-bond donors (Lipinski definition) is 1. The molecule has 0 amide bonds. The molecule has 0 aromatic carbocycles. The van der Waals surface area contributed by atoms with Gasteiger partial charge in [0.1, 0.15) is 0 Å². The SMILES string of the molecule is C=CCC(C)NCc1cnc(C2CC2)s1. The minimum absolute atomic E-state index is 0.508. The van der Waals surface area contributed by atoms with Crippen LogP contribution in [0.4, 0.5) is 0 Å². The van der Waals surface area contributed by atoms with Crippen LogP contribution in [0.3, 0.4) is 0 Å². The van der Waals surface area contributed by atoms with E-state index in [2.05, 4.69) is 23.8 Å². The third-order valence-corrected chi connectivity index (χ3v) is 3.80. The lowest BCUT2D eigenvalue weighted by Crippen LogP contribution is -2.24. The summed E-state index contributed by atoms with van der Waals surface area (Å²) in [6.45, 7) is 6.87. The summed E-state index contributed by atoms with van der Waals surface area (Å²) in [5.41, 5.74) is 0. The second kappa shape index (κ2) is 4.90. The van der Waals surface area contributed by atoms with Crippen LogP contribution in [0.15, 0.2) is 18.9 Å². The van der Waals surface area contributed by atoms with E-state index >= 15 is 0 Å². The molecule has 0 bridgehead atoms. The van der Waals surface area contributed by atoms with Crippen molar-refractivity contribution < 1.29 is 0 Å². The number of rotatable bonds is 6. The highest BCUT2D eigenvalue weighted by Crippen LogP contribution is 2.41. The highest BCUT2D eigenvalue weighted by Gasteiger charge is 2.26. The van der Waals surface area contributed by atoms with E-state index in [1.807, 2.05) is 23.6 Å². The van der Waals surface area contributed by atoms with Crippen molar-refractivity contribution in [3.8, 4) is 0 Å². The molecule has 82 valence electrons. The first kappa shape index (κ1) is 10.8. The Kier molecular flexibility index (Phi) is 3.54. The molecular formula is C12H18N2S. The summed E-state index contributed by atoms with van der Waals surface area (Å²) < 4.78 is 0. The van der Waals surface area contributed by atoms with Gasteiger partial charge in [-0.25, -0.2) is 4.98 Å². The Balaban J connectivity index is 1.79. The van der Waals surface area contributed by atoms with Gasteiger partial charge in [0.2, 0.25) is 0 Å². The summed E-state index contributed by atoms with van der Waals surface area (Å²) in [6, 6.07) is 0.508. The molecule has 1 saturated carbocycles. The van der Waals surface area contributed by atoms with Gasteiger partial charge in [0.25, 0.3) is 0 Å². The van der Waals surface area contributed by atoms with Crippen LogP contribution in [0, 0.1) is 0 Å². The zero-order chi connectivity index (χ0) is 10.7. The van der Waals surface area contributed by atoms with Gasteiger partial charge < -0.3 is 5.32 Å². The van der Waals surface area contributed by atoms with Gasteiger partial charge in [-0.15, -0.1) is 17.9 Å². The van der Waals surface area contributed by atoms with E-state index in [4.69, 9.17) is 0 Å². The fourth-order valence-corrected chi connectivity index (χ4v) is 2.57. The number of aromatic nitrogens is 1. The van der Waals surface area contributed by atoms with E-state index in [9.17, 15) is 0 Å². The van der Waals surface area contributed by atoms with E-state index in [1.165, 1.54) is 22.7 Å². The van der Waals surface area contributed by atoms with Crippen LogP contribution < -0.4 is 5.32 Å². The van der Waals surface area contributed by atoms with Crippen molar-refractivity contribution in [2.75, 3.05) is 0 Å². The molecule has 1 atom stereocenters. The largest absolute Gasteiger partial charge is 0.309 e. The Morgan fingerprint density at radius 1 is 1.73 bits per heavy atom. The van der Waals surface area contributed by atoms with Crippen molar-refractivity contribution in [3.05, 3.63) is 28.7 Å². The minimum atomic E-state index is 0.508. The molecule has 1 aromatic rings. The topological polar surface area (TPSA) is 24.9 Å². The molecule has 1 aliphatic rings. The average molecular weight is 222 g/mol. The fourth-order valence-electron chi connectivity index (χ4n) is 1.53. The lowest BCUT2D eigenvalue weighted by atomic mass is 10.2. The number of nitrogens with one attached hydrogen (secondary N) is 1.